The molecule has 14 heavy (non-hydrogen) atoms. The van der Waals surface area contributed by atoms with Crippen molar-refractivity contribution in [3.05, 3.63) is 29.8 Å². The molecule has 1 rings (SSSR count). The second-order valence-electron chi connectivity index (χ2n) is 3.67. The van der Waals surface area contributed by atoms with Gasteiger partial charge in [0.05, 0.1) is 6.20 Å². The number of aromatic nitrogens is 1. The number of rotatable bonds is 3. The van der Waals surface area contributed by atoms with E-state index in [2.05, 4.69) is 4.98 Å². The standard InChI is InChI=1S/C10H15FN2O/c1-7(2)10(14,6-12)8-3-9(11)5-13-4-8/h3-5,7,14H,6,12H2,1-2H3. The van der Waals surface area contributed by atoms with Crippen LogP contribution in [0.4, 0.5) is 4.39 Å². The average Bonchev–Trinajstić information content (AvgIpc) is 2.16. The van der Waals surface area contributed by atoms with Gasteiger partial charge in [0, 0.05) is 18.3 Å². The molecule has 0 fully saturated rings. The van der Waals surface area contributed by atoms with E-state index >= 15 is 0 Å². The second-order valence-corrected chi connectivity index (χ2v) is 3.67. The van der Waals surface area contributed by atoms with Crippen molar-refractivity contribution >= 4 is 0 Å². The topological polar surface area (TPSA) is 59.1 Å². The molecule has 1 atom stereocenters. The van der Waals surface area contributed by atoms with Gasteiger partial charge in [-0.3, -0.25) is 4.98 Å². The molecule has 4 heteroatoms. The fourth-order valence-electron chi connectivity index (χ4n) is 1.34. The summed E-state index contributed by atoms with van der Waals surface area (Å²) in [5.74, 6) is -0.550. The maximum Gasteiger partial charge on any atom is 0.141 e. The van der Waals surface area contributed by atoms with Crippen molar-refractivity contribution in [3.63, 3.8) is 0 Å². The highest BCUT2D eigenvalue weighted by Gasteiger charge is 2.32. The van der Waals surface area contributed by atoms with Crippen LogP contribution in [0.3, 0.4) is 0 Å². The normalized spacial score (nSPS) is 15.6. The van der Waals surface area contributed by atoms with Crippen LogP contribution in [0.15, 0.2) is 18.5 Å². The molecule has 0 saturated carbocycles. The third-order valence-corrected chi connectivity index (χ3v) is 2.47. The molecule has 0 saturated heterocycles. The SMILES string of the molecule is CC(C)C(O)(CN)c1cncc(F)c1. The molecule has 1 heterocycles. The molecule has 0 aliphatic rings. The van der Waals surface area contributed by atoms with Gasteiger partial charge in [-0.25, -0.2) is 4.39 Å². The first-order valence-corrected chi connectivity index (χ1v) is 4.54. The third-order valence-electron chi connectivity index (χ3n) is 2.47. The Labute approximate surface area is 82.8 Å². The van der Waals surface area contributed by atoms with Gasteiger partial charge in [0.1, 0.15) is 11.4 Å². The minimum Gasteiger partial charge on any atom is -0.384 e. The summed E-state index contributed by atoms with van der Waals surface area (Å²) in [6.45, 7) is 3.71. The summed E-state index contributed by atoms with van der Waals surface area (Å²) < 4.78 is 12.9. The molecule has 1 aromatic heterocycles. The van der Waals surface area contributed by atoms with Gasteiger partial charge >= 0.3 is 0 Å². The van der Waals surface area contributed by atoms with Gasteiger partial charge in [-0.15, -0.1) is 0 Å². The van der Waals surface area contributed by atoms with E-state index in [1.807, 2.05) is 13.8 Å². The Bertz CT molecular complexity index is 317. The maximum absolute atomic E-state index is 12.9. The van der Waals surface area contributed by atoms with Crippen molar-refractivity contribution in [3.8, 4) is 0 Å². The van der Waals surface area contributed by atoms with Crippen molar-refractivity contribution in [1.29, 1.82) is 0 Å². The Morgan fingerprint density at radius 2 is 2.21 bits per heavy atom. The van der Waals surface area contributed by atoms with Crippen LogP contribution >= 0.6 is 0 Å². The van der Waals surface area contributed by atoms with Gasteiger partial charge < -0.3 is 10.8 Å². The molecule has 0 aliphatic heterocycles. The number of nitrogens with two attached hydrogens (primary N) is 1. The van der Waals surface area contributed by atoms with Crippen LogP contribution in [0.5, 0.6) is 0 Å². The summed E-state index contributed by atoms with van der Waals surface area (Å²) in [5.41, 5.74) is 4.72. The summed E-state index contributed by atoms with van der Waals surface area (Å²) in [6, 6.07) is 1.26. The van der Waals surface area contributed by atoms with Gasteiger partial charge in [-0.2, -0.15) is 0 Å². The lowest BCUT2D eigenvalue weighted by Gasteiger charge is -2.30. The summed E-state index contributed by atoms with van der Waals surface area (Å²) in [7, 11) is 0. The highest BCUT2D eigenvalue weighted by Crippen LogP contribution is 2.27. The lowest BCUT2D eigenvalue weighted by molar-refractivity contribution is -0.00172. The number of halogens is 1. The molecule has 0 bridgehead atoms. The number of pyridine rings is 1. The van der Waals surface area contributed by atoms with Gasteiger partial charge in [0.2, 0.25) is 0 Å². The van der Waals surface area contributed by atoms with Gasteiger partial charge in [-0.05, 0) is 12.0 Å². The molecule has 78 valence electrons. The lowest BCUT2D eigenvalue weighted by Crippen LogP contribution is -2.40. The van der Waals surface area contributed by atoms with Crippen LogP contribution in [0.1, 0.15) is 19.4 Å². The van der Waals surface area contributed by atoms with E-state index in [0.717, 1.165) is 6.20 Å². The number of hydrogen-bond acceptors (Lipinski definition) is 3. The van der Waals surface area contributed by atoms with Crippen LogP contribution in [0.2, 0.25) is 0 Å². The molecule has 0 radical (unpaired) electrons. The molecular formula is C10H15FN2O. The first-order valence-electron chi connectivity index (χ1n) is 4.54. The fourth-order valence-corrected chi connectivity index (χ4v) is 1.34. The van der Waals surface area contributed by atoms with Crippen LogP contribution in [0, 0.1) is 11.7 Å². The molecule has 1 aromatic rings. The van der Waals surface area contributed by atoms with Crippen LogP contribution < -0.4 is 5.73 Å². The highest BCUT2D eigenvalue weighted by molar-refractivity contribution is 5.20. The first kappa shape index (κ1) is 11.1. The van der Waals surface area contributed by atoms with E-state index in [1.165, 1.54) is 12.3 Å². The summed E-state index contributed by atoms with van der Waals surface area (Å²) in [6.07, 6.45) is 2.54. The van der Waals surface area contributed by atoms with Crippen molar-refractivity contribution in [2.75, 3.05) is 6.54 Å². The molecule has 0 amide bonds. The molecular weight excluding hydrogens is 183 g/mol. The molecule has 0 aliphatic carbocycles. The van der Waals surface area contributed by atoms with Crippen molar-refractivity contribution in [1.82, 2.24) is 4.98 Å². The second kappa shape index (κ2) is 4.02. The van der Waals surface area contributed by atoms with E-state index in [9.17, 15) is 9.50 Å². The molecule has 0 spiro atoms. The maximum atomic E-state index is 12.9. The van der Waals surface area contributed by atoms with Crippen molar-refractivity contribution < 1.29 is 9.50 Å². The molecule has 3 nitrogen and oxygen atoms in total. The smallest absolute Gasteiger partial charge is 0.141 e. The van der Waals surface area contributed by atoms with Gasteiger partial charge in [0.25, 0.3) is 0 Å². The van der Waals surface area contributed by atoms with E-state index in [1.54, 1.807) is 0 Å². The van der Waals surface area contributed by atoms with E-state index < -0.39 is 11.4 Å². The molecule has 0 aromatic carbocycles. The average molecular weight is 198 g/mol. The van der Waals surface area contributed by atoms with E-state index in [-0.39, 0.29) is 12.5 Å². The van der Waals surface area contributed by atoms with Crippen LogP contribution in [-0.2, 0) is 5.60 Å². The fraction of sp³-hybridized carbons (Fsp3) is 0.500. The minimum absolute atomic E-state index is 0.0514. The van der Waals surface area contributed by atoms with Gasteiger partial charge in [0.15, 0.2) is 0 Å². The Kier molecular flexibility index (Phi) is 3.18. The largest absolute Gasteiger partial charge is 0.384 e. The zero-order valence-corrected chi connectivity index (χ0v) is 8.37. The van der Waals surface area contributed by atoms with Gasteiger partial charge in [-0.1, -0.05) is 13.8 Å². The van der Waals surface area contributed by atoms with E-state index in [0.29, 0.717) is 5.56 Å². The van der Waals surface area contributed by atoms with Crippen molar-refractivity contribution in [2.24, 2.45) is 11.7 Å². The highest BCUT2D eigenvalue weighted by atomic mass is 19.1. The summed E-state index contributed by atoms with van der Waals surface area (Å²) >= 11 is 0. The number of aliphatic hydroxyl groups is 1. The summed E-state index contributed by atoms with van der Waals surface area (Å²) in [4.78, 5) is 3.69. The summed E-state index contributed by atoms with van der Waals surface area (Å²) in [5, 5.41) is 10.2. The molecule has 1 unspecified atom stereocenters. The predicted molar refractivity (Wildman–Crippen MR) is 52.0 cm³/mol. The Balaban J connectivity index is 3.12. The Morgan fingerprint density at radius 1 is 1.57 bits per heavy atom. The molecule has 3 N–H and O–H groups in total. The zero-order chi connectivity index (χ0) is 10.8. The van der Waals surface area contributed by atoms with Crippen LogP contribution in [0.25, 0.3) is 0 Å². The van der Waals surface area contributed by atoms with Crippen molar-refractivity contribution in [2.45, 2.75) is 19.4 Å². The Hall–Kier alpha value is -1.00. The first-order chi connectivity index (χ1) is 6.50. The quantitative estimate of drug-likeness (QED) is 0.762. The third kappa shape index (κ3) is 1.91. The zero-order valence-electron chi connectivity index (χ0n) is 8.37. The predicted octanol–water partition coefficient (Wildman–Crippen LogP) is 1.02. The Morgan fingerprint density at radius 3 is 2.64 bits per heavy atom. The minimum atomic E-state index is -1.20. The number of nitrogens with zero attached hydrogens (tertiary/aromatic N) is 1. The number of hydrogen-bond donors (Lipinski definition) is 2. The monoisotopic (exact) mass is 198 g/mol. The lowest BCUT2D eigenvalue weighted by atomic mass is 9.84. The van der Waals surface area contributed by atoms with E-state index in [4.69, 9.17) is 5.73 Å². The van der Waals surface area contributed by atoms with Crippen LogP contribution in [-0.4, -0.2) is 16.6 Å².